The van der Waals surface area contributed by atoms with Crippen molar-refractivity contribution in [1.29, 1.82) is 0 Å². The number of hydrogen-bond acceptors (Lipinski definition) is 4. The Morgan fingerprint density at radius 3 is 2.59 bits per heavy atom. The summed E-state index contributed by atoms with van der Waals surface area (Å²) < 4.78 is 38.3. The summed E-state index contributed by atoms with van der Waals surface area (Å²) in [5.41, 5.74) is 0. The van der Waals surface area contributed by atoms with Gasteiger partial charge in [0.2, 0.25) is 5.89 Å². The van der Waals surface area contributed by atoms with Crippen molar-refractivity contribution in [2.75, 3.05) is 13.1 Å². The third-order valence-corrected chi connectivity index (χ3v) is 4.24. The van der Waals surface area contributed by atoms with Gasteiger partial charge in [-0.05, 0) is 13.0 Å². The van der Waals surface area contributed by atoms with Crippen LogP contribution in [0.25, 0.3) is 0 Å². The van der Waals surface area contributed by atoms with E-state index < -0.39 is 17.7 Å². The van der Waals surface area contributed by atoms with E-state index in [4.69, 9.17) is 32.4 Å². The summed E-state index contributed by atoms with van der Waals surface area (Å²) in [7, 11) is 0. The zero-order valence-electron chi connectivity index (χ0n) is 11.3. The number of oxazole rings is 1. The molecule has 1 saturated heterocycles. The summed E-state index contributed by atoms with van der Waals surface area (Å²) in [5, 5.41) is 2.46. The van der Waals surface area contributed by atoms with Crippen LogP contribution < -0.4 is 10.1 Å². The Morgan fingerprint density at radius 1 is 1.32 bits per heavy atom. The van der Waals surface area contributed by atoms with E-state index in [-0.39, 0.29) is 21.7 Å². The van der Waals surface area contributed by atoms with Crippen molar-refractivity contribution in [1.82, 2.24) is 10.3 Å². The van der Waals surface area contributed by atoms with Crippen LogP contribution in [0.2, 0.25) is 10.0 Å². The van der Waals surface area contributed by atoms with Gasteiger partial charge in [-0.15, -0.1) is 0 Å². The first-order chi connectivity index (χ1) is 10.6. The SMILES string of the molecule is Fc1cc(F)c(Cl)c(O[C@H](c2ncco2)[C@@H]2CCNC2)c1Cl. The lowest BCUT2D eigenvalue weighted by Crippen LogP contribution is -2.22. The van der Waals surface area contributed by atoms with Crippen LogP contribution in [0.4, 0.5) is 8.78 Å². The molecule has 0 bridgehead atoms. The Balaban J connectivity index is 1.97. The Hall–Kier alpha value is -1.37. The summed E-state index contributed by atoms with van der Waals surface area (Å²) in [6.45, 7) is 1.48. The Labute approximate surface area is 135 Å². The van der Waals surface area contributed by atoms with Crippen molar-refractivity contribution in [2.45, 2.75) is 12.5 Å². The van der Waals surface area contributed by atoms with E-state index in [1.807, 2.05) is 0 Å². The number of benzene rings is 1. The molecule has 1 aromatic carbocycles. The van der Waals surface area contributed by atoms with E-state index in [0.717, 1.165) is 13.0 Å². The first-order valence-electron chi connectivity index (χ1n) is 6.67. The van der Waals surface area contributed by atoms with Crippen LogP contribution in [0.15, 0.2) is 22.9 Å². The zero-order chi connectivity index (χ0) is 15.7. The molecule has 1 fully saturated rings. The van der Waals surface area contributed by atoms with Gasteiger partial charge in [-0.3, -0.25) is 0 Å². The normalized spacial score (nSPS) is 19.4. The molecule has 3 rings (SSSR count). The fraction of sp³-hybridized carbons (Fsp3) is 0.357. The summed E-state index contributed by atoms with van der Waals surface area (Å²) >= 11 is 11.7. The fourth-order valence-corrected chi connectivity index (χ4v) is 2.88. The zero-order valence-corrected chi connectivity index (χ0v) is 12.8. The number of hydrogen-bond donors (Lipinski definition) is 1. The number of ether oxygens (including phenoxy) is 1. The van der Waals surface area contributed by atoms with E-state index in [0.29, 0.717) is 18.5 Å². The van der Waals surface area contributed by atoms with Crippen molar-refractivity contribution < 1.29 is 17.9 Å². The van der Waals surface area contributed by atoms with E-state index in [9.17, 15) is 8.78 Å². The Kier molecular flexibility index (Phi) is 4.52. The molecule has 2 atom stereocenters. The van der Waals surface area contributed by atoms with Gasteiger partial charge in [-0.2, -0.15) is 0 Å². The monoisotopic (exact) mass is 348 g/mol. The van der Waals surface area contributed by atoms with Crippen LogP contribution in [0.1, 0.15) is 18.4 Å². The third-order valence-electron chi connectivity index (χ3n) is 3.54. The third kappa shape index (κ3) is 2.91. The number of halogens is 4. The molecular weight excluding hydrogens is 337 g/mol. The van der Waals surface area contributed by atoms with Crippen LogP contribution >= 0.6 is 23.2 Å². The molecule has 1 aliphatic rings. The molecule has 8 heteroatoms. The second-order valence-corrected chi connectivity index (χ2v) is 5.71. The van der Waals surface area contributed by atoms with Crippen molar-refractivity contribution in [3.05, 3.63) is 46.1 Å². The van der Waals surface area contributed by atoms with Gasteiger partial charge in [0.05, 0.1) is 6.20 Å². The van der Waals surface area contributed by atoms with Crippen molar-refractivity contribution in [3.8, 4) is 5.75 Å². The van der Waals surface area contributed by atoms with Gasteiger partial charge in [-0.25, -0.2) is 13.8 Å². The highest BCUT2D eigenvalue weighted by atomic mass is 35.5. The highest BCUT2D eigenvalue weighted by Crippen LogP contribution is 2.41. The molecular formula is C14H12Cl2F2N2O2. The molecule has 0 saturated carbocycles. The second kappa shape index (κ2) is 6.40. The summed E-state index contributed by atoms with van der Waals surface area (Å²) in [5.74, 6) is -1.78. The first kappa shape index (κ1) is 15.5. The highest BCUT2D eigenvalue weighted by Gasteiger charge is 2.33. The summed E-state index contributed by atoms with van der Waals surface area (Å²) in [4.78, 5) is 4.07. The largest absolute Gasteiger partial charge is 0.477 e. The Morgan fingerprint density at radius 2 is 2.05 bits per heavy atom. The minimum absolute atomic E-state index is 0.0251. The van der Waals surface area contributed by atoms with Gasteiger partial charge in [0.25, 0.3) is 0 Å². The molecule has 0 radical (unpaired) electrons. The number of nitrogens with zero attached hydrogens (tertiary/aromatic N) is 1. The fourth-order valence-electron chi connectivity index (χ4n) is 2.44. The van der Waals surface area contributed by atoms with Crippen molar-refractivity contribution in [3.63, 3.8) is 0 Å². The molecule has 0 unspecified atom stereocenters. The van der Waals surface area contributed by atoms with Crippen LogP contribution in [-0.2, 0) is 0 Å². The second-order valence-electron chi connectivity index (χ2n) is 4.96. The topological polar surface area (TPSA) is 47.3 Å². The lowest BCUT2D eigenvalue weighted by molar-refractivity contribution is 0.113. The van der Waals surface area contributed by atoms with Gasteiger partial charge in [0.1, 0.15) is 27.9 Å². The quantitative estimate of drug-likeness (QED) is 0.848. The van der Waals surface area contributed by atoms with Crippen molar-refractivity contribution in [2.24, 2.45) is 5.92 Å². The van der Waals surface area contributed by atoms with Gasteiger partial charge in [-0.1, -0.05) is 23.2 Å². The lowest BCUT2D eigenvalue weighted by atomic mass is 10.0. The molecule has 4 nitrogen and oxygen atoms in total. The molecule has 118 valence electrons. The van der Waals surface area contributed by atoms with Gasteiger partial charge in [0.15, 0.2) is 11.9 Å². The molecule has 0 amide bonds. The average Bonchev–Trinajstić information content (AvgIpc) is 3.19. The number of rotatable bonds is 4. The van der Waals surface area contributed by atoms with Crippen LogP contribution in [-0.4, -0.2) is 18.1 Å². The van der Waals surface area contributed by atoms with E-state index >= 15 is 0 Å². The molecule has 22 heavy (non-hydrogen) atoms. The maximum atomic E-state index is 13.6. The highest BCUT2D eigenvalue weighted by molar-refractivity contribution is 6.37. The molecule has 0 spiro atoms. The average molecular weight is 349 g/mol. The summed E-state index contributed by atoms with van der Waals surface area (Å²) in [6, 6.07) is 0.620. The molecule has 1 aliphatic heterocycles. The molecule has 2 aromatic rings. The maximum Gasteiger partial charge on any atom is 0.235 e. The molecule has 0 aliphatic carbocycles. The molecule has 1 N–H and O–H groups in total. The minimum Gasteiger partial charge on any atom is -0.477 e. The van der Waals surface area contributed by atoms with Crippen LogP contribution in [0, 0.1) is 17.6 Å². The van der Waals surface area contributed by atoms with Crippen LogP contribution in [0.5, 0.6) is 5.75 Å². The maximum absolute atomic E-state index is 13.6. The predicted molar refractivity (Wildman–Crippen MR) is 77.2 cm³/mol. The van der Waals surface area contributed by atoms with Crippen molar-refractivity contribution >= 4 is 23.2 Å². The van der Waals surface area contributed by atoms with E-state index in [1.54, 1.807) is 0 Å². The van der Waals surface area contributed by atoms with Gasteiger partial charge < -0.3 is 14.5 Å². The molecule has 2 heterocycles. The lowest BCUT2D eigenvalue weighted by Gasteiger charge is -2.23. The minimum atomic E-state index is -0.936. The van der Waals surface area contributed by atoms with E-state index in [2.05, 4.69) is 10.3 Å². The number of nitrogens with one attached hydrogen (secondary N) is 1. The van der Waals surface area contributed by atoms with Crippen LogP contribution in [0.3, 0.4) is 0 Å². The van der Waals surface area contributed by atoms with Gasteiger partial charge >= 0.3 is 0 Å². The molecule has 1 aromatic heterocycles. The van der Waals surface area contributed by atoms with E-state index in [1.165, 1.54) is 12.5 Å². The first-order valence-corrected chi connectivity index (χ1v) is 7.43. The standard InChI is InChI=1S/C14H12Cl2F2N2O2/c15-10-8(17)5-9(18)11(16)13(10)22-12(7-1-2-19-6-7)14-20-3-4-21-14/h3-5,7,12,19H,1-2,6H2/t7-,12+/m1/s1. The van der Waals surface area contributed by atoms with Gasteiger partial charge in [0, 0.05) is 18.5 Å². The predicted octanol–water partition coefficient (Wildman–Crippen LogP) is 3.99. The smallest absolute Gasteiger partial charge is 0.235 e. The summed E-state index contributed by atoms with van der Waals surface area (Å²) in [6.07, 6.45) is 3.05. The number of aromatic nitrogens is 1. The Bertz CT molecular complexity index is 635.